The van der Waals surface area contributed by atoms with Gasteiger partial charge in [-0.05, 0) is 30.2 Å². The lowest BCUT2D eigenvalue weighted by Gasteiger charge is -2.35. The summed E-state index contributed by atoms with van der Waals surface area (Å²) in [5.41, 5.74) is 9.00. The average molecular weight is 291 g/mol. The molecule has 1 aliphatic rings. The van der Waals surface area contributed by atoms with Crippen LogP contribution in [0.3, 0.4) is 0 Å². The van der Waals surface area contributed by atoms with Crippen LogP contribution in [-0.4, -0.2) is 37.7 Å². The topological polar surface area (TPSA) is 67.6 Å². The fourth-order valence-electron chi connectivity index (χ4n) is 2.52. The number of hydrogen-bond acceptors (Lipinski definition) is 4. The van der Waals surface area contributed by atoms with Crippen molar-refractivity contribution in [1.29, 1.82) is 0 Å². The van der Waals surface area contributed by atoms with E-state index in [2.05, 4.69) is 44.3 Å². The molecule has 1 aliphatic heterocycles. The summed E-state index contributed by atoms with van der Waals surface area (Å²) in [6, 6.07) is 6.39. The van der Waals surface area contributed by atoms with E-state index in [0.717, 1.165) is 12.2 Å². The Morgan fingerprint density at radius 1 is 1.52 bits per heavy atom. The highest BCUT2D eigenvalue weighted by Crippen LogP contribution is 2.23. The maximum absolute atomic E-state index is 11.6. The molecule has 1 aromatic carbocycles. The zero-order chi connectivity index (χ0) is 15.4. The molecule has 5 heteroatoms. The minimum absolute atomic E-state index is 0.335. The molecule has 0 radical (unpaired) electrons. The van der Waals surface area contributed by atoms with Gasteiger partial charge in [-0.25, -0.2) is 0 Å². The Labute approximate surface area is 126 Å². The van der Waals surface area contributed by atoms with E-state index in [4.69, 9.17) is 10.5 Å². The van der Waals surface area contributed by atoms with Crippen LogP contribution >= 0.6 is 0 Å². The minimum atomic E-state index is -0.377. The second-order valence-corrected chi connectivity index (χ2v) is 5.83. The third-order valence-corrected chi connectivity index (χ3v) is 3.82. The lowest BCUT2D eigenvalue weighted by molar-refractivity contribution is -0.121. The van der Waals surface area contributed by atoms with Crippen molar-refractivity contribution in [3.63, 3.8) is 0 Å². The highest BCUT2D eigenvalue weighted by Gasteiger charge is 2.27. The maximum atomic E-state index is 11.6. The molecule has 1 amide bonds. The monoisotopic (exact) mass is 291 g/mol. The predicted molar refractivity (Wildman–Crippen MR) is 84.3 cm³/mol. The van der Waals surface area contributed by atoms with E-state index < -0.39 is 0 Å². The van der Waals surface area contributed by atoms with Crippen molar-refractivity contribution >= 4 is 11.6 Å². The third-order valence-electron chi connectivity index (χ3n) is 3.82. The molecule has 5 nitrogen and oxygen atoms in total. The molecule has 0 bridgehead atoms. The number of amides is 1. The molecule has 0 spiro atoms. The number of carbonyl (C=O) groups excluding carboxylic acids is 1. The van der Waals surface area contributed by atoms with E-state index in [-0.39, 0.29) is 11.9 Å². The van der Waals surface area contributed by atoms with Crippen LogP contribution in [0.4, 0.5) is 5.69 Å². The van der Waals surface area contributed by atoms with Crippen molar-refractivity contribution in [3.05, 3.63) is 29.3 Å². The number of hydrogen-bond donors (Lipinski definition) is 2. The van der Waals surface area contributed by atoms with Gasteiger partial charge in [0.1, 0.15) is 6.04 Å². The number of nitrogens with zero attached hydrogens (tertiary/aromatic N) is 1. The van der Waals surface area contributed by atoms with Crippen molar-refractivity contribution in [1.82, 2.24) is 5.32 Å². The second-order valence-electron chi connectivity index (χ2n) is 5.83. The number of benzene rings is 1. The Bertz CT molecular complexity index is 502. The molecule has 2 rings (SSSR count). The van der Waals surface area contributed by atoms with Gasteiger partial charge in [0.05, 0.1) is 13.2 Å². The zero-order valence-electron chi connectivity index (χ0n) is 13.1. The van der Waals surface area contributed by atoms with Gasteiger partial charge in [-0.3, -0.25) is 4.79 Å². The fraction of sp³-hybridized carbons (Fsp3) is 0.562. The normalized spacial score (nSPS) is 19.0. The highest BCUT2D eigenvalue weighted by molar-refractivity contribution is 5.84. The Morgan fingerprint density at radius 2 is 2.29 bits per heavy atom. The van der Waals surface area contributed by atoms with E-state index in [0.29, 0.717) is 25.8 Å². The predicted octanol–water partition coefficient (Wildman–Crippen LogP) is 1.18. The van der Waals surface area contributed by atoms with Crippen LogP contribution < -0.4 is 16.0 Å². The van der Waals surface area contributed by atoms with Crippen molar-refractivity contribution < 1.29 is 9.53 Å². The summed E-state index contributed by atoms with van der Waals surface area (Å²) in [5, 5.41) is 3.42. The van der Waals surface area contributed by atoms with Crippen LogP contribution in [0.1, 0.15) is 25.0 Å². The van der Waals surface area contributed by atoms with Crippen LogP contribution in [0.15, 0.2) is 18.2 Å². The Hall–Kier alpha value is -1.59. The van der Waals surface area contributed by atoms with E-state index in [9.17, 15) is 4.79 Å². The lowest BCUT2D eigenvalue weighted by atomic mass is 10.1. The summed E-state index contributed by atoms with van der Waals surface area (Å²) in [6.07, 6.45) is 0. The number of nitrogens with two attached hydrogens (primary N) is 1. The fourth-order valence-corrected chi connectivity index (χ4v) is 2.52. The van der Waals surface area contributed by atoms with Gasteiger partial charge in [0.2, 0.25) is 5.91 Å². The zero-order valence-corrected chi connectivity index (χ0v) is 13.1. The standard InChI is InChI=1S/C16H25N3O2/c1-11(2)18-9-13-4-5-14(8-12(13)3)19-6-7-21-10-15(19)16(17)20/h4-5,8,11,15,18H,6-7,9-10H2,1-3H3,(H2,17,20). The Balaban J connectivity index is 2.16. The number of aryl methyl sites for hydroxylation is 1. The molecule has 1 saturated heterocycles. The largest absolute Gasteiger partial charge is 0.377 e. The number of rotatable bonds is 5. The minimum Gasteiger partial charge on any atom is -0.377 e. The number of carbonyl (C=O) groups is 1. The quantitative estimate of drug-likeness (QED) is 0.855. The summed E-state index contributed by atoms with van der Waals surface area (Å²) < 4.78 is 5.36. The van der Waals surface area contributed by atoms with E-state index >= 15 is 0 Å². The summed E-state index contributed by atoms with van der Waals surface area (Å²) in [7, 11) is 0. The van der Waals surface area contributed by atoms with Gasteiger partial charge in [0.25, 0.3) is 0 Å². The van der Waals surface area contributed by atoms with Gasteiger partial charge in [0.15, 0.2) is 0 Å². The molecule has 1 unspecified atom stereocenters. The SMILES string of the molecule is Cc1cc(N2CCOCC2C(N)=O)ccc1CNC(C)C. The molecule has 1 aromatic rings. The second kappa shape index (κ2) is 6.91. The van der Waals surface area contributed by atoms with Crippen LogP contribution in [0.2, 0.25) is 0 Å². The molecule has 116 valence electrons. The molecule has 1 atom stereocenters. The number of ether oxygens (including phenoxy) is 1. The van der Waals surface area contributed by atoms with Gasteiger partial charge in [0, 0.05) is 24.8 Å². The first kappa shape index (κ1) is 15.8. The molecular formula is C16H25N3O2. The van der Waals surface area contributed by atoms with Crippen LogP contribution in [0.25, 0.3) is 0 Å². The molecule has 0 aromatic heterocycles. The molecule has 3 N–H and O–H groups in total. The number of anilines is 1. The molecule has 0 saturated carbocycles. The van der Waals surface area contributed by atoms with Gasteiger partial charge >= 0.3 is 0 Å². The van der Waals surface area contributed by atoms with Crippen LogP contribution in [0, 0.1) is 6.92 Å². The van der Waals surface area contributed by atoms with E-state index in [1.165, 1.54) is 11.1 Å². The van der Waals surface area contributed by atoms with Gasteiger partial charge in [-0.15, -0.1) is 0 Å². The van der Waals surface area contributed by atoms with Crippen molar-refractivity contribution in [2.45, 2.75) is 39.4 Å². The molecular weight excluding hydrogens is 266 g/mol. The number of primary amides is 1. The molecule has 21 heavy (non-hydrogen) atoms. The van der Waals surface area contributed by atoms with Crippen molar-refractivity contribution in [3.8, 4) is 0 Å². The van der Waals surface area contributed by atoms with E-state index in [1.54, 1.807) is 0 Å². The van der Waals surface area contributed by atoms with E-state index in [1.807, 2.05) is 4.90 Å². The van der Waals surface area contributed by atoms with Gasteiger partial charge < -0.3 is 20.7 Å². The Morgan fingerprint density at radius 3 is 2.90 bits per heavy atom. The summed E-state index contributed by atoms with van der Waals surface area (Å²) in [4.78, 5) is 13.6. The number of morpholine rings is 1. The summed E-state index contributed by atoms with van der Waals surface area (Å²) >= 11 is 0. The highest BCUT2D eigenvalue weighted by atomic mass is 16.5. The van der Waals surface area contributed by atoms with Crippen LogP contribution in [0.5, 0.6) is 0 Å². The van der Waals surface area contributed by atoms with Gasteiger partial charge in [-0.1, -0.05) is 19.9 Å². The summed E-state index contributed by atoms with van der Waals surface area (Å²) in [6.45, 7) is 8.90. The van der Waals surface area contributed by atoms with Crippen LogP contribution in [-0.2, 0) is 16.1 Å². The first-order chi connectivity index (χ1) is 9.99. The lowest BCUT2D eigenvalue weighted by Crippen LogP contribution is -2.52. The average Bonchev–Trinajstić information content (AvgIpc) is 2.45. The maximum Gasteiger partial charge on any atom is 0.242 e. The first-order valence-corrected chi connectivity index (χ1v) is 7.45. The Kier molecular flexibility index (Phi) is 5.20. The molecule has 1 fully saturated rings. The summed E-state index contributed by atoms with van der Waals surface area (Å²) in [5.74, 6) is -0.335. The first-order valence-electron chi connectivity index (χ1n) is 7.45. The van der Waals surface area contributed by atoms with Crippen molar-refractivity contribution in [2.75, 3.05) is 24.7 Å². The number of nitrogens with one attached hydrogen (secondary N) is 1. The van der Waals surface area contributed by atoms with Crippen molar-refractivity contribution in [2.24, 2.45) is 5.73 Å². The molecule has 1 heterocycles. The smallest absolute Gasteiger partial charge is 0.242 e. The van der Waals surface area contributed by atoms with Gasteiger partial charge in [-0.2, -0.15) is 0 Å². The third kappa shape index (κ3) is 3.95. The molecule has 0 aliphatic carbocycles.